The molecule has 0 radical (unpaired) electrons. The fraction of sp³-hybridized carbons (Fsp3) is 0.875. The van der Waals surface area contributed by atoms with E-state index in [-0.39, 0.29) is 23.5 Å². The van der Waals surface area contributed by atoms with Crippen LogP contribution in [0.5, 0.6) is 0 Å². The molecule has 0 aromatic heterocycles. The molecule has 2 fully saturated rings. The molecule has 0 bridgehead atoms. The number of ketones is 1. The maximum absolute atomic E-state index is 12.4. The standard InChI is InChI=1S/C14H24N2O2.C2H6/c1-3-15-7-4-12(5-8-15)14(18)16-9-6-13(10-16)11(2)17;1-2/h12-13H,3-10H2,1-2H3;1-2H3. The van der Waals surface area contributed by atoms with Gasteiger partial charge >= 0.3 is 0 Å². The van der Waals surface area contributed by atoms with Crippen molar-refractivity contribution in [3.63, 3.8) is 0 Å². The van der Waals surface area contributed by atoms with Crippen LogP contribution in [0.4, 0.5) is 0 Å². The Bertz CT molecular complexity index is 322. The Morgan fingerprint density at radius 2 is 1.55 bits per heavy atom. The highest BCUT2D eigenvalue weighted by molar-refractivity contribution is 5.83. The number of carbonyl (C=O) groups is 2. The number of hydrogen-bond acceptors (Lipinski definition) is 3. The summed E-state index contributed by atoms with van der Waals surface area (Å²) in [7, 11) is 0. The molecule has 0 aromatic rings. The smallest absolute Gasteiger partial charge is 0.225 e. The molecule has 0 saturated carbocycles. The third kappa shape index (κ3) is 4.30. The molecule has 0 spiro atoms. The Kier molecular flexibility index (Phi) is 7.20. The number of likely N-dealkylation sites (tertiary alicyclic amines) is 2. The molecule has 0 aromatic carbocycles. The summed E-state index contributed by atoms with van der Waals surface area (Å²) in [5.74, 6) is 0.795. The Balaban J connectivity index is 0.000000956. The molecule has 0 N–H and O–H groups in total. The molecule has 2 heterocycles. The summed E-state index contributed by atoms with van der Waals surface area (Å²) in [6.45, 7) is 12.4. The second-order valence-electron chi connectivity index (χ2n) is 5.59. The largest absolute Gasteiger partial charge is 0.342 e. The van der Waals surface area contributed by atoms with Crippen molar-refractivity contribution in [3.05, 3.63) is 0 Å². The molecule has 2 aliphatic rings. The van der Waals surface area contributed by atoms with Gasteiger partial charge in [0.15, 0.2) is 0 Å². The molecule has 2 saturated heterocycles. The van der Waals surface area contributed by atoms with E-state index in [9.17, 15) is 9.59 Å². The minimum Gasteiger partial charge on any atom is -0.342 e. The maximum Gasteiger partial charge on any atom is 0.225 e. The third-order valence-electron chi connectivity index (χ3n) is 4.46. The van der Waals surface area contributed by atoms with Gasteiger partial charge in [-0.25, -0.2) is 0 Å². The molecule has 4 nitrogen and oxygen atoms in total. The van der Waals surface area contributed by atoms with Crippen LogP contribution in [0, 0.1) is 11.8 Å². The first-order valence-electron chi connectivity index (χ1n) is 8.13. The molecular formula is C16H30N2O2. The van der Waals surface area contributed by atoms with Crippen LogP contribution in [0.25, 0.3) is 0 Å². The van der Waals surface area contributed by atoms with E-state index in [4.69, 9.17) is 0 Å². The van der Waals surface area contributed by atoms with Gasteiger partial charge in [-0.3, -0.25) is 9.59 Å². The number of hydrogen-bond donors (Lipinski definition) is 0. The molecule has 20 heavy (non-hydrogen) atoms. The predicted octanol–water partition coefficient (Wildman–Crippen LogP) is 2.18. The van der Waals surface area contributed by atoms with Crippen molar-refractivity contribution in [3.8, 4) is 0 Å². The van der Waals surface area contributed by atoms with Gasteiger partial charge in [0, 0.05) is 24.9 Å². The van der Waals surface area contributed by atoms with Crippen LogP contribution in [-0.2, 0) is 9.59 Å². The highest BCUT2D eigenvalue weighted by atomic mass is 16.2. The van der Waals surface area contributed by atoms with Gasteiger partial charge in [-0.15, -0.1) is 0 Å². The predicted molar refractivity (Wildman–Crippen MR) is 81.6 cm³/mol. The van der Waals surface area contributed by atoms with Gasteiger partial charge < -0.3 is 9.80 Å². The second-order valence-corrected chi connectivity index (χ2v) is 5.59. The monoisotopic (exact) mass is 282 g/mol. The fourth-order valence-electron chi connectivity index (χ4n) is 3.05. The van der Waals surface area contributed by atoms with Crippen LogP contribution >= 0.6 is 0 Å². The number of Topliss-reactive ketones (excluding diaryl/α,β-unsaturated/α-hetero) is 1. The Morgan fingerprint density at radius 1 is 1.00 bits per heavy atom. The summed E-state index contributed by atoms with van der Waals surface area (Å²) in [5.41, 5.74) is 0. The van der Waals surface area contributed by atoms with Crippen LogP contribution in [-0.4, -0.2) is 54.2 Å². The summed E-state index contributed by atoms with van der Waals surface area (Å²) in [4.78, 5) is 28.0. The summed E-state index contributed by atoms with van der Waals surface area (Å²) in [5, 5.41) is 0. The first-order chi connectivity index (χ1) is 9.61. The molecule has 2 aliphatic heterocycles. The first kappa shape index (κ1) is 17.2. The van der Waals surface area contributed by atoms with Gasteiger partial charge in [0.1, 0.15) is 5.78 Å². The van der Waals surface area contributed by atoms with Crippen LogP contribution in [0.3, 0.4) is 0 Å². The van der Waals surface area contributed by atoms with Crippen LogP contribution in [0.2, 0.25) is 0 Å². The number of piperidine rings is 1. The van der Waals surface area contributed by atoms with Crippen molar-refractivity contribution < 1.29 is 9.59 Å². The summed E-state index contributed by atoms with van der Waals surface area (Å²) >= 11 is 0. The zero-order valence-corrected chi connectivity index (χ0v) is 13.5. The normalized spacial score (nSPS) is 24.2. The number of amides is 1. The van der Waals surface area contributed by atoms with E-state index in [1.807, 2.05) is 18.7 Å². The van der Waals surface area contributed by atoms with Gasteiger partial charge in [0.25, 0.3) is 0 Å². The van der Waals surface area contributed by atoms with E-state index in [2.05, 4.69) is 11.8 Å². The van der Waals surface area contributed by atoms with E-state index in [0.717, 1.165) is 45.4 Å². The number of rotatable bonds is 3. The van der Waals surface area contributed by atoms with Crippen molar-refractivity contribution >= 4 is 11.7 Å². The molecule has 1 unspecified atom stereocenters. The van der Waals surface area contributed by atoms with Crippen molar-refractivity contribution in [2.24, 2.45) is 11.8 Å². The van der Waals surface area contributed by atoms with Gasteiger partial charge in [-0.1, -0.05) is 20.8 Å². The molecular weight excluding hydrogens is 252 g/mol. The van der Waals surface area contributed by atoms with Crippen molar-refractivity contribution in [2.45, 2.75) is 47.0 Å². The zero-order chi connectivity index (χ0) is 15.1. The Morgan fingerprint density at radius 3 is 2.00 bits per heavy atom. The average Bonchev–Trinajstić information content (AvgIpc) is 2.99. The van der Waals surface area contributed by atoms with E-state index >= 15 is 0 Å². The van der Waals surface area contributed by atoms with Crippen molar-refractivity contribution in [1.29, 1.82) is 0 Å². The summed E-state index contributed by atoms with van der Waals surface area (Å²) in [6, 6.07) is 0. The molecule has 0 aliphatic carbocycles. The fourth-order valence-corrected chi connectivity index (χ4v) is 3.05. The second kappa shape index (κ2) is 8.40. The van der Waals surface area contributed by atoms with Crippen LogP contribution < -0.4 is 0 Å². The molecule has 1 amide bonds. The van der Waals surface area contributed by atoms with E-state index in [1.54, 1.807) is 6.92 Å². The number of carbonyl (C=O) groups excluding carboxylic acids is 2. The summed E-state index contributed by atoms with van der Waals surface area (Å²) in [6.07, 6.45) is 2.82. The molecule has 2 rings (SSSR count). The first-order valence-corrected chi connectivity index (χ1v) is 8.13. The maximum atomic E-state index is 12.4. The van der Waals surface area contributed by atoms with Crippen LogP contribution in [0.1, 0.15) is 47.0 Å². The molecule has 116 valence electrons. The van der Waals surface area contributed by atoms with Gasteiger partial charge in [-0.2, -0.15) is 0 Å². The lowest BCUT2D eigenvalue weighted by atomic mass is 9.95. The van der Waals surface area contributed by atoms with Crippen LogP contribution in [0.15, 0.2) is 0 Å². The lowest BCUT2D eigenvalue weighted by Gasteiger charge is -2.32. The Labute approximate surface area is 123 Å². The van der Waals surface area contributed by atoms with Gasteiger partial charge in [0.2, 0.25) is 5.91 Å². The topological polar surface area (TPSA) is 40.6 Å². The average molecular weight is 282 g/mol. The van der Waals surface area contributed by atoms with Crippen molar-refractivity contribution in [1.82, 2.24) is 9.80 Å². The molecule has 1 atom stereocenters. The zero-order valence-electron chi connectivity index (χ0n) is 13.5. The minimum absolute atomic E-state index is 0.0877. The lowest BCUT2D eigenvalue weighted by Crippen LogP contribution is -2.41. The van der Waals surface area contributed by atoms with Gasteiger partial charge in [-0.05, 0) is 45.8 Å². The SMILES string of the molecule is CC.CCN1CCC(C(=O)N2CCC(C(C)=O)C2)CC1. The van der Waals surface area contributed by atoms with E-state index < -0.39 is 0 Å². The summed E-state index contributed by atoms with van der Waals surface area (Å²) < 4.78 is 0. The highest BCUT2D eigenvalue weighted by Crippen LogP contribution is 2.24. The van der Waals surface area contributed by atoms with Crippen molar-refractivity contribution in [2.75, 3.05) is 32.7 Å². The lowest BCUT2D eigenvalue weighted by molar-refractivity contribution is -0.136. The number of nitrogens with zero attached hydrogens (tertiary/aromatic N) is 2. The Hall–Kier alpha value is -0.900. The quantitative estimate of drug-likeness (QED) is 0.796. The highest BCUT2D eigenvalue weighted by Gasteiger charge is 2.33. The molecule has 4 heteroatoms. The minimum atomic E-state index is 0.0877. The van der Waals surface area contributed by atoms with Gasteiger partial charge in [0.05, 0.1) is 0 Å². The van der Waals surface area contributed by atoms with E-state index in [1.165, 1.54) is 0 Å². The van der Waals surface area contributed by atoms with E-state index in [0.29, 0.717) is 6.54 Å². The third-order valence-corrected chi connectivity index (χ3v) is 4.46.